The van der Waals surface area contributed by atoms with Gasteiger partial charge in [-0.3, -0.25) is 0 Å². The molecule has 2 aromatic carbocycles. The summed E-state index contributed by atoms with van der Waals surface area (Å²) in [7, 11) is 0. The summed E-state index contributed by atoms with van der Waals surface area (Å²) in [6, 6.07) is 13.6. The van der Waals surface area contributed by atoms with Gasteiger partial charge >= 0.3 is 0 Å². The van der Waals surface area contributed by atoms with Gasteiger partial charge in [-0.1, -0.05) is 36.2 Å². The zero-order valence-electron chi connectivity index (χ0n) is 13.6. The van der Waals surface area contributed by atoms with Crippen LogP contribution in [0.25, 0.3) is 0 Å². The smallest absolute Gasteiger partial charge is 0.170 e. The molecule has 0 aromatic heterocycles. The highest BCUT2D eigenvalue weighted by Crippen LogP contribution is 2.22. The molecule has 0 saturated heterocycles. The van der Waals surface area contributed by atoms with Crippen LogP contribution in [0.3, 0.4) is 0 Å². The average Bonchev–Trinajstić information content (AvgIpc) is 2.56. The molecule has 128 valence electrons. The van der Waals surface area contributed by atoms with Crippen molar-refractivity contribution in [2.24, 2.45) is 5.92 Å². The zero-order chi connectivity index (χ0) is 17.5. The Morgan fingerprint density at radius 3 is 2.50 bits per heavy atom. The number of benzene rings is 2. The molecule has 2 N–H and O–H groups in total. The maximum Gasteiger partial charge on any atom is 0.170 e. The molecule has 24 heavy (non-hydrogen) atoms. The van der Waals surface area contributed by atoms with Gasteiger partial charge in [-0.2, -0.15) is 0 Å². The van der Waals surface area contributed by atoms with Crippen LogP contribution in [-0.4, -0.2) is 17.4 Å². The Balaban J connectivity index is 1.74. The lowest BCUT2D eigenvalue weighted by molar-refractivity contribution is 0.637. The quantitative estimate of drug-likeness (QED) is 0.458. The van der Waals surface area contributed by atoms with E-state index in [9.17, 15) is 0 Å². The first-order chi connectivity index (χ1) is 11.4. The van der Waals surface area contributed by atoms with Gasteiger partial charge in [0.05, 0.1) is 0 Å². The minimum absolute atomic E-state index is 0.478. The molecule has 2 rings (SSSR count). The second-order valence-corrected chi connectivity index (χ2v) is 8.04. The number of halogens is 2. The van der Waals surface area contributed by atoms with Crippen LogP contribution >= 0.6 is 47.2 Å². The normalized spacial score (nSPS) is 11.8. The monoisotopic (exact) mass is 398 g/mol. The first-order valence-electron chi connectivity index (χ1n) is 7.63. The number of thiocarbonyl (C=S) groups is 1. The van der Waals surface area contributed by atoms with Crippen LogP contribution in [0.4, 0.5) is 5.69 Å². The third-order valence-electron chi connectivity index (χ3n) is 3.41. The molecule has 2 nitrogen and oxygen atoms in total. The van der Waals surface area contributed by atoms with E-state index in [1.807, 2.05) is 61.2 Å². The van der Waals surface area contributed by atoms with E-state index >= 15 is 0 Å². The number of anilines is 1. The molecule has 0 spiro atoms. The van der Waals surface area contributed by atoms with Gasteiger partial charge in [0.15, 0.2) is 5.11 Å². The van der Waals surface area contributed by atoms with Gasteiger partial charge in [-0.25, -0.2) is 0 Å². The molecule has 0 aliphatic carbocycles. The van der Waals surface area contributed by atoms with Crippen LogP contribution in [-0.2, 0) is 0 Å². The zero-order valence-corrected chi connectivity index (χ0v) is 16.8. The van der Waals surface area contributed by atoms with Crippen molar-refractivity contribution in [3.8, 4) is 0 Å². The first-order valence-corrected chi connectivity index (χ1v) is 9.78. The molecular formula is C18H20Cl2N2S2. The highest BCUT2D eigenvalue weighted by Gasteiger charge is 2.06. The van der Waals surface area contributed by atoms with Gasteiger partial charge in [0.1, 0.15) is 0 Å². The van der Waals surface area contributed by atoms with Gasteiger partial charge in [-0.05, 0) is 67.0 Å². The molecule has 0 amide bonds. The third kappa shape index (κ3) is 6.52. The molecule has 0 aliphatic rings. The van der Waals surface area contributed by atoms with E-state index in [2.05, 4.69) is 17.6 Å². The minimum Gasteiger partial charge on any atom is -0.362 e. The molecule has 0 aliphatic heterocycles. The third-order valence-corrected chi connectivity index (χ3v) is 5.48. The predicted octanol–water partition coefficient (Wildman–Crippen LogP) is 6.02. The van der Waals surface area contributed by atoms with E-state index in [0.717, 1.165) is 28.6 Å². The van der Waals surface area contributed by atoms with Gasteiger partial charge < -0.3 is 10.6 Å². The summed E-state index contributed by atoms with van der Waals surface area (Å²) in [5.41, 5.74) is 2.04. The molecule has 2 aromatic rings. The summed E-state index contributed by atoms with van der Waals surface area (Å²) in [5, 5.41) is 8.54. The Labute approximate surface area is 163 Å². The largest absolute Gasteiger partial charge is 0.362 e. The molecular weight excluding hydrogens is 379 g/mol. The fourth-order valence-corrected chi connectivity index (χ4v) is 3.41. The van der Waals surface area contributed by atoms with Crippen molar-refractivity contribution in [1.82, 2.24) is 5.32 Å². The van der Waals surface area contributed by atoms with E-state index < -0.39 is 0 Å². The SMILES string of the molecule is Cc1ccc(Cl)cc1NC(=S)NC[C@@H](C)CSc1ccc(Cl)cc1. The van der Waals surface area contributed by atoms with E-state index in [1.165, 1.54) is 4.90 Å². The van der Waals surface area contributed by atoms with Crippen LogP contribution in [0.1, 0.15) is 12.5 Å². The molecule has 0 saturated carbocycles. The fraction of sp³-hybridized carbons (Fsp3) is 0.278. The maximum atomic E-state index is 6.02. The van der Waals surface area contributed by atoms with Crippen molar-refractivity contribution in [3.63, 3.8) is 0 Å². The maximum absolute atomic E-state index is 6.02. The van der Waals surface area contributed by atoms with E-state index in [0.29, 0.717) is 16.1 Å². The number of nitrogens with one attached hydrogen (secondary N) is 2. The van der Waals surface area contributed by atoms with Crippen LogP contribution in [0.15, 0.2) is 47.4 Å². The lowest BCUT2D eigenvalue weighted by Crippen LogP contribution is -2.32. The first kappa shape index (κ1) is 19.4. The molecule has 0 heterocycles. The lowest BCUT2D eigenvalue weighted by Gasteiger charge is -2.16. The summed E-state index contributed by atoms with van der Waals surface area (Å²) in [4.78, 5) is 1.22. The topological polar surface area (TPSA) is 24.1 Å². The second-order valence-electron chi connectivity index (χ2n) is 5.66. The van der Waals surface area contributed by atoms with Crippen molar-refractivity contribution in [1.29, 1.82) is 0 Å². The van der Waals surface area contributed by atoms with E-state index in [-0.39, 0.29) is 0 Å². The number of aryl methyl sites for hydroxylation is 1. The number of thioether (sulfide) groups is 1. The summed E-state index contributed by atoms with van der Waals surface area (Å²) in [6.45, 7) is 5.03. The summed E-state index contributed by atoms with van der Waals surface area (Å²) in [5.74, 6) is 1.49. The number of hydrogen-bond donors (Lipinski definition) is 2. The van der Waals surface area contributed by atoms with Crippen molar-refractivity contribution in [3.05, 3.63) is 58.1 Å². The highest BCUT2D eigenvalue weighted by molar-refractivity contribution is 7.99. The predicted molar refractivity (Wildman–Crippen MR) is 112 cm³/mol. The Kier molecular flexibility index (Phi) is 7.69. The summed E-state index contributed by atoms with van der Waals surface area (Å²) in [6.07, 6.45) is 0. The van der Waals surface area contributed by atoms with Crippen LogP contribution in [0.2, 0.25) is 10.0 Å². The van der Waals surface area contributed by atoms with Gasteiger partial charge in [-0.15, -0.1) is 11.8 Å². The molecule has 0 unspecified atom stereocenters. The summed E-state index contributed by atoms with van der Waals surface area (Å²) < 4.78 is 0. The van der Waals surface area contributed by atoms with Gasteiger partial charge in [0.25, 0.3) is 0 Å². The fourth-order valence-electron chi connectivity index (χ4n) is 1.99. The highest BCUT2D eigenvalue weighted by atomic mass is 35.5. The van der Waals surface area contributed by atoms with Crippen LogP contribution in [0, 0.1) is 12.8 Å². The molecule has 6 heteroatoms. The van der Waals surface area contributed by atoms with Crippen LogP contribution < -0.4 is 10.6 Å². The molecule has 0 radical (unpaired) electrons. The van der Waals surface area contributed by atoms with Gasteiger partial charge in [0, 0.05) is 32.9 Å². The van der Waals surface area contributed by atoms with Crippen molar-refractivity contribution >= 4 is 58.0 Å². The van der Waals surface area contributed by atoms with Crippen molar-refractivity contribution < 1.29 is 0 Å². The molecule has 0 bridgehead atoms. The Bertz CT molecular complexity index is 690. The van der Waals surface area contributed by atoms with Gasteiger partial charge in [0.2, 0.25) is 0 Å². The van der Waals surface area contributed by atoms with Crippen molar-refractivity contribution in [2.45, 2.75) is 18.7 Å². The molecule has 1 atom stereocenters. The van der Waals surface area contributed by atoms with Crippen LogP contribution in [0.5, 0.6) is 0 Å². The Morgan fingerprint density at radius 2 is 1.79 bits per heavy atom. The van der Waals surface area contributed by atoms with Crippen molar-refractivity contribution in [2.75, 3.05) is 17.6 Å². The number of hydrogen-bond acceptors (Lipinski definition) is 2. The van der Waals surface area contributed by atoms with E-state index in [1.54, 1.807) is 0 Å². The number of rotatable bonds is 6. The standard InChI is InChI=1S/C18H20Cl2N2S2/c1-12(11-24-16-7-5-14(19)6-8-16)10-21-18(23)22-17-9-15(20)4-3-13(17)2/h3-9,12H,10-11H2,1-2H3,(H2,21,22,23)/t12-/m1/s1. The average molecular weight is 399 g/mol. The Hall–Kier alpha value is -0.940. The summed E-state index contributed by atoms with van der Waals surface area (Å²) >= 11 is 19.1. The Morgan fingerprint density at radius 1 is 1.12 bits per heavy atom. The lowest BCUT2D eigenvalue weighted by atomic mass is 10.2. The van der Waals surface area contributed by atoms with E-state index in [4.69, 9.17) is 35.4 Å². The molecule has 0 fully saturated rings. The minimum atomic E-state index is 0.478. The second kappa shape index (κ2) is 9.52.